The van der Waals surface area contributed by atoms with Crippen molar-refractivity contribution in [1.82, 2.24) is 10.3 Å². The number of aromatic amines is 1. The lowest BCUT2D eigenvalue weighted by Gasteiger charge is -2.19. The molecule has 4 heteroatoms. The lowest BCUT2D eigenvalue weighted by molar-refractivity contribution is 0.200. The summed E-state index contributed by atoms with van der Waals surface area (Å²) in [5.41, 5.74) is 2.46. The average molecular weight is 314 g/mol. The predicted octanol–water partition coefficient (Wildman–Crippen LogP) is 4.20. The van der Waals surface area contributed by atoms with Gasteiger partial charge in [0, 0.05) is 25.0 Å². The molecule has 1 aliphatic rings. The molecular weight excluding hydrogens is 288 g/mol. The Morgan fingerprint density at radius 1 is 1.22 bits per heavy atom. The molecule has 23 heavy (non-hydrogen) atoms. The summed E-state index contributed by atoms with van der Waals surface area (Å²) in [6.45, 7) is 3.01. The van der Waals surface area contributed by atoms with E-state index < -0.39 is 0 Å². The lowest BCUT2D eigenvalue weighted by Crippen LogP contribution is -2.18. The largest absolute Gasteiger partial charge is 0.493 e. The molecule has 2 N–H and O–H groups in total. The van der Waals surface area contributed by atoms with Gasteiger partial charge < -0.3 is 19.8 Å². The molecule has 1 saturated carbocycles. The van der Waals surface area contributed by atoms with Crippen molar-refractivity contribution in [1.29, 1.82) is 0 Å². The van der Waals surface area contributed by atoms with Crippen LogP contribution in [0.2, 0.25) is 0 Å². The zero-order valence-electron chi connectivity index (χ0n) is 14.0. The quantitative estimate of drug-likeness (QED) is 0.805. The van der Waals surface area contributed by atoms with Crippen LogP contribution in [0.5, 0.6) is 11.5 Å². The van der Waals surface area contributed by atoms with Gasteiger partial charge in [-0.1, -0.05) is 6.07 Å². The van der Waals surface area contributed by atoms with Crippen molar-refractivity contribution < 1.29 is 9.47 Å². The summed E-state index contributed by atoms with van der Waals surface area (Å²) in [5, 5.41) is 3.53. The van der Waals surface area contributed by atoms with Crippen molar-refractivity contribution in [2.45, 2.75) is 51.3 Å². The first-order chi connectivity index (χ1) is 11.3. The molecule has 1 aromatic heterocycles. The summed E-state index contributed by atoms with van der Waals surface area (Å²) in [6.07, 6.45) is 9.15. The molecule has 1 heterocycles. The van der Waals surface area contributed by atoms with E-state index in [2.05, 4.69) is 35.4 Å². The highest BCUT2D eigenvalue weighted by Gasteiger charge is 2.19. The SMILES string of the molecule is COc1cc(C(C)NCc2cc[nH]c2)ccc1OC1CCCC1. The minimum absolute atomic E-state index is 0.249. The highest BCUT2D eigenvalue weighted by molar-refractivity contribution is 5.44. The van der Waals surface area contributed by atoms with Crippen molar-refractivity contribution in [3.8, 4) is 11.5 Å². The molecule has 0 radical (unpaired) electrons. The van der Waals surface area contributed by atoms with Gasteiger partial charge >= 0.3 is 0 Å². The average Bonchev–Trinajstić information content (AvgIpc) is 3.26. The third kappa shape index (κ3) is 4.08. The van der Waals surface area contributed by atoms with Gasteiger partial charge in [0.25, 0.3) is 0 Å². The molecule has 0 bridgehead atoms. The number of ether oxygens (including phenoxy) is 2. The van der Waals surface area contributed by atoms with E-state index >= 15 is 0 Å². The first-order valence-electron chi connectivity index (χ1n) is 8.46. The van der Waals surface area contributed by atoms with Crippen molar-refractivity contribution >= 4 is 0 Å². The van der Waals surface area contributed by atoms with Crippen LogP contribution in [0, 0.1) is 0 Å². The predicted molar refractivity (Wildman–Crippen MR) is 91.9 cm³/mol. The standard InChI is InChI=1S/C19H26N2O2/c1-14(21-13-15-9-10-20-12-15)16-7-8-18(19(11-16)22-2)23-17-5-3-4-6-17/h7-12,14,17,20-21H,3-6,13H2,1-2H3. The Kier molecular flexibility index (Phi) is 5.23. The number of H-pyrrole nitrogens is 1. The van der Waals surface area contributed by atoms with Crippen molar-refractivity contribution in [3.05, 3.63) is 47.8 Å². The van der Waals surface area contributed by atoms with Crippen LogP contribution in [-0.2, 0) is 6.54 Å². The number of hydrogen-bond acceptors (Lipinski definition) is 3. The summed E-state index contributed by atoms with van der Waals surface area (Å²) in [5.74, 6) is 1.69. The lowest BCUT2D eigenvalue weighted by atomic mass is 10.1. The second-order valence-corrected chi connectivity index (χ2v) is 6.26. The maximum atomic E-state index is 6.10. The van der Waals surface area contributed by atoms with Crippen molar-refractivity contribution in [3.63, 3.8) is 0 Å². The van der Waals surface area contributed by atoms with E-state index in [1.807, 2.05) is 18.5 Å². The molecule has 3 rings (SSSR count). The van der Waals surface area contributed by atoms with Gasteiger partial charge in [-0.3, -0.25) is 0 Å². The molecule has 2 aromatic rings. The van der Waals surface area contributed by atoms with Crippen LogP contribution in [0.3, 0.4) is 0 Å². The number of methoxy groups -OCH3 is 1. The topological polar surface area (TPSA) is 46.3 Å². The van der Waals surface area contributed by atoms with Crippen LogP contribution in [-0.4, -0.2) is 18.2 Å². The molecule has 1 aromatic carbocycles. The van der Waals surface area contributed by atoms with Gasteiger partial charge in [-0.05, 0) is 61.9 Å². The Balaban J connectivity index is 1.64. The van der Waals surface area contributed by atoms with Crippen molar-refractivity contribution in [2.24, 2.45) is 0 Å². The van der Waals surface area contributed by atoms with E-state index in [0.29, 0.717) is 6.10 Å². The second kappa shape index (κ2) is 7.55. The Morgan fingerprint density at radius 3 is 2.74 bits per heavy atom. The van der Waals surface area contributed by atoms with E-state index in [1.54, 1.807) is 7.11 Å². The van der Waals surface area contributed by atoms with Gasteiger partial charge in [-0.25, -0.2) is 0 Å². The number of benzene rings is 1. The van der Waals surface area contributed by atoms with Gasteiger partial charge in [-0.2, -0.15) is 0 Å². The number of nitrogens with one attached hydrogen (secondary N) is 2. The fourth-order valence-corrected chi connectivity index (χ4v) is 3.09. The fraction of sp³-hybridized carbons (Fsp3) is 0.474. The first-order valence-corrected chi connectivity index (χ1v) is 8.46. The summed E-state index contributed by atoms with van der Waals surface area (Å²) in [7, 11) is 1.71. The molecule has 4 nitrogen and oxygen atoms in total. The molecule has 0 amide bonds. The number of hydrogen-bond donors (Lipinski definition) is 2. The van der Waals surface area contributed by atoms with Crippen LogP contribution in [0.1, 0.15) is 49.8 Å². The van der Waals surface area contributed by atoms with E-state index in [9.17, 15) is 0 Å². The number of rotatable bonds is 7. The Hall–Kier alpha value is -1.94. The summed E-state index contributed by atoms with van der Waals surface area (Å²) >= 11 is 0. The van der Waals surface area contributed by atoms with Crippen LogP contribution in [0.25, 0.3) is 0 Å². The highest BCUT2D eigenvalue weighted by Crippen LogP contribution is 2.33. The molecule has 1 aliphatic carbocycles. The normalized spacial score (nSPS) is 16.4. The summed E-state index contributed by atoms with van der Waals surface area (Å²) in [6, 6.07) is 8.58. The molecule has 124 valence electrons. The molecule has 0 saturated heterocycles. The third-order valence-corrected chi connectivity index (χ3v) is 4.56. The van der Waals surface area contributed by atoms with Crippen LogP contribution < -0.4 is 14.8 Å². The zero-order valence-corrected chi connectivity index (χ0v) is 14.0. The highest BCUT2D eigenvalue weighted by atomic mass is 16.5. The van der Waals surface area contributed by atoms with Crippen LogP contribution >= 0.6 is 0 Å². The molecule has 0 spiro atoms. The monoisotopic (exact) mass is 314 g/mol. The van der Waals surface area contributed by atoms with Crippen LogP contribution in [0.15, 0.2) is 36.7 Å². The minimum atomic E-state index is 0.249. The number of aromatic nitrogens is 1. The zero-order chi connectivity index (χ0) is 16.1. The first kappa shape index (κ1) is 15.9. The molecular formula is C19H26N2O2. The summed E-state index contributed by atoms with van der Waals surface area (Å²) < 4.78 is 11.6. The fourth-order valence-electron chi connectivity index (χ4n) is 3.09. The Labute approximate surface area is 138 Å². The van der Waals surface area contributed by atoms with Crippen molar-refractivity contribution in [2.75, 3.05) is 7.11 Å². The van der Waals surface area contributed by atoms with Gasteiger partial charge in [0.1, 0.15) is 0 Å². The van der Waals surface area contributed by atoms with E-state index in [0.717, 1.165) is 30.9 Å². The molecule has 1 fully saturated rings. The third-order valence-electron chi connectivity index (χ3n) is 4.56. The Morgan fingerprint density at radius 2 is 2.04 bits per heavy atom. The molecule has 1 atom stereocenters. The van der Waals surface area contributed by atoms with Gasteiger partial charge in [0.05, 0.1) is 13.2 Å². The minimum Gasteiger partial charge on any atom is -0.493 e. The van der Waals surface area contributed by atoms with E-state index in [1.165, 1.54) is 24.0 Å². The van der Waals surface area contributed by atoms with Gasteiger partial charge in [-0.15, -0.1) is 0 Å². The molecule has 1 unspecified atom stereocenters. The maximum absolute atomic E-state index is 6.10. The van der Waals surface area contributed by atoms with E-state index in [-0.39, 0.29) is 6.04 Å². The molecule has 0 aliphatic heterocycles. The smallest absolute Gasteiger partial charge is 0.161 e. The van der Waals surface area contributed by atoms with Gasteiger partial charge in [0.2, 0.25) is 0 Å². The summed E-state index contributed by atoms with van der Waals surface area (Å²) in [4.78, 5) is 3.08. The maximum Gasteiger partial charge on any atom is 0.161 e. The van der Waals surface area contributed by atoms with Gasteiger partial charge in [0.15, 0.2) is 11.5 Å². The Bertz CT molecular complexity index is 604. The van der Waals surface area contributed by atoms with E-state index in [4.69, 9.17) is 9.47 Å². The van der Waals surface area contributed by atoms with Crippen LogP contribution in [0.4, 0.5) is 0 Å². The second-order valence-electron chi connectivity index (χ2n) is 6.26.